The van der Waals surface area contributed by atoms with Crippen LogP contribution in [0.3, 0.4) is 0 Å². The number of primary amides is 1. The maximum atomic E-state index is 13.3. The molecule has 0 aromatic heterocycles. The molecule has 0 saturated carbocycles. The van der Waals surface area contributed by atoms with Gasteiger partial charge in [0.05, 0.1) is 0 Å². The van der Waals surface area contributed by atoms with Gasteiger partial charge in [-0.3, -0.25) is 9.59 Å². The zero-order chi connectivity index (χ0) is 33.6. The van der Waals surface area contributed by atoms with E-state index in [0.717, 1.165) is 38.2 Å². The number of hydrogen-bond acceptors (Lipinski definition) is 3. The van der Waals surface area contributed by atoms with Crippen molar-refractivity contribution in [3.63, 3.8) is 0 Å². The number of nitrogens with one attached hydrogen (secondary N) is 1. The molecule has 2 amide bonds. The standard InChI is InChI=1S/C43H35N2O3P/c44-43(47)37(28-30-14-4-1-5-15-30)45-40(46)29-48-38-26-24-31-16-10-12-22-35(31)41(38)42-36-23-13-11-17-32(36)25-27-39(42)49(33-18-6-2-7-19-33)34-20-8-3-9-21-34/h1-27,37H,28-29H2,(H2,44,47)(H,45,46)/t37-/m0/s1. The molecule has 3 N–H and O–H groups in total. The van der Waals surface area contributed by atoms with E-state index in [4.69, 9.17) is 10.5 Å². The average Bonchev–Trinajstić information content (AvgIpc) is 3.15. The van der Waals surface area contributed by atoms with E-state index in [1.807, 2.05) is 66.7 Å². The number of ether oxygens (including phenoxy) is 1. The Labute approximate surface area is 287 Å². The average molecular weight is 659 g/mol. The van der Waals surface area contributed by atoms with Gasteiger partial charge in [0.25, 0.3) is 5.91 Å². The first-order chi connectivity index (χ1) is 24.1. The summed E-state index contributed by atoms with van der Waals surface area (Å²) in [5, 5.41) is 10.7. The Morgan fingerprint density at radius 2 is 1.10 bits per heavy atom. The third kappa shape index (κ3) is 6.94. The molecule has 7 rings (SSSR count). The Morgan fingerprint density at radius 1 is 0.592 bits per heavy atom. The first-order valence-electron chi connectivity index (χ1n) is 16.3. The summed E-state index contributed by atoms with van der Waals surface area (Å²) < 4.78 is 6.43. The molecule has 5 nitrogen and oxygen atoms in total. The highest BCUT2D eigenvalue weighted by molar-refractivity contribution is 7.80. The van der Waals surface area contributed by atoms with E-state index >= 15 is 0 Å². The van der Waals surface area contributed by atoms with Gasteiger partial charge in [0, 0.05) is 17.5 Å². The zero-order valence-corrected chi connectivity index (χ0v) is 27.7. The predicted molar refractivity (Wildman–Crippen MR) is 202 cm³/mol. The molecule has 6 heteroatoms. The van der Waals surface area contributed by atoms with Gasteiger partial charge in [0.15, 0.2) is 6.61 Å². The van der Waals surface area contributed by atoms with Gasteiger partial charge in [0.1, 0.15) is 11.8 Å². The van der Waals surface area contributed by atoms with Gasteiger partial charge < -0.3 is 15.8 Å². The minimum atomic E-state index is -0.983. The minimum Gasteiger partial charge on any atom is -0.483 e. The molecule has 1 atom stereocenters. The van der Waals surface area contributed by atoms with Gasteiger partial charge in [-0.25, -0.2) is 0 Å². The van der Waals surface area contributed by atoms with Crippen LogP contribution in [0.4, 0.5) is 0 Å². The number of carbonyl (C=O) groups excluding carboxylic acids is 2. The van der Waals surface area contributed by atoms with E-state index in [1.54, 1.807) is 0 Å². The quantitative estimate of drug-likeness (QED) is 0.147. The number of hydrogen-bond donors (Lipinski definition) is 2. The van der Waals surface area contributed by atoms with Crippen molar-refractivity contribution >= 4 is 57.2 Å². The second-order valence-corrected chi connectivity index (χ2v) is 14.0. The Hall–Kier alpha value is -5.77. The molecule has 49 heavy (non-hydrogen) atoms. The largest absolute Gasteiger partial charge is 0.483 e. The van der Waals surface area contributed by atoms with Crippen molar-refractivity contribution in [3.05, 3.63) is 169 Å². The van der Waals surface area contributed by atoms with E-state index < -0.39 is 25.8 Å². The highest BCUT2D eigenvalue weighted by Gasteiger charge is 2.26. The number of benzene rings is 7. The lowest BCUT2D eigenvalue weighted by Gasteiger charge is -2.25. The van der Waals surface area contributed by atoms with Crippen molar-refractivity contribution in [3.8, 4) is 16.9 Å². The monoisotopic (exact) mass is 658 g/mol. The third-order valence-electron chi connectivity index (χ3n) is 8.64. The first kappa shape index (κ1) is 31.8. The Morgan fingerprint density at radius 3 is 1.69 bits per heavy atom. The lowest BCUT2D eigenvalue weighted by molar-refractivity contribution is -0.128. The predicted octanol–water partition coefficient (Wildman–Crippen LogP) is 7.01. The number of rotatable bonds is 11. The van der Waals surface area contributed by atoms with E-state index in [-0.39, 0.29) is 6.61 Å². The van der Waals surface area contributed by atoms with Crippen LogP contribution in [0.15, 0.2) is 164 Å². The van der Waals surface area contributed by atoms with Gasteiger partial charge >= 0.3 is 0 Å². The van der Waals surface area contributed by atoms with Crippen LogP contribution >= 0.6 is 7.92 Å². The topological polar surface area (TPSA) is 81.4 Å². The normalized spacial score (nSPS) is 11.8. The van der Waals surface area contributed by atoms with Crippen molar-refractivity contribution in [1.29, 1.82) is 0 Å². The second-order valence-electron chi connectivity index (χ2n) is 11.8. The molecule has 0 spiro atoms. The Kier molecular flexibility index (Phi) is 9.45. The van der Waals surface area contributed by atoms with E-state index in [1.165, 1.54) is 15.9 Å². The molecule has 0 unspecified atom stereocenters. The van der Waals surface area contributed by atoms with E-state index in [9.17, 15) is 9.59 Å². The van der Waals surface area contributed by atoms with Crippen molar-refractivity contribution in [2.75, 3.05) is 6.61 Å². The maximum absolute atomic E-state index is 13.3. The lowest BCUT2D eigenvalue weighted by atomic mass is 9.93. The highest BCUT2D eigenvalue weighted by Crippen LogP contribution is 2.45. The molecule has 7 aromatic rings. The molecule has 0 radical (unpaired) electrons. The number of carbonyl (C=O) groups is 2. The summed E-state index contributed by atoms with van der Waals surface area (Å²) >= 11 is 0. The number of fused-ring (bicyclic) bond motifs is 2. The zero-order valence-electron chi connectivity index (χ0n) is 26.8. The fraction of sp³-hybridized carbons (Fsp3) is 0.0698. The summed E-state index contributed by atoms with van der Waals surface area (Å²) in [5.41, 5.74) is 8.60. The molecule has 0 aliphatic carbocycles. The molecule has 0 fully saturated rings. The summed E-state index contributed by atoms with van der Waals surface area (Å²) in [6.45, 7) is -0.282. The minimum absolute atomic E-state index is 0.282. The molecule has 0 aliphatic rings. The molecular weight excluding hydrogens is 623 g/mol. The molecule has 0 heterocycles. The Balaban J connectivity index is 1.35. The Bertz CT molecular complexity index is 2200. The second kappa shape index (κ2) is 14.6. The summed E-state index contributed by atoms with van der Waals surface area (Å²) in [4.78, 5) is 25.7. The summed E-state index contributed by atoms with van der Waals surface area (Å²) in [6.07, 6.45) is 0.297. The van der Waals surface area contributed by atoms with Gasteiger partial charge in [-0.2, -0.15) is 0 Å². The van der Waals surface area contributed by atoms with Crippen molar-refractivity contribution in [1.82, 2.24) is 5.32 Å². The molecular formula is C43H35N2O3P. The summed E-state index contributed by atoms with van der Waals surface area (Å²) in [7, 11) is -0.983. The maximum Gasteiger partial charge on any atom is 0.258 e. The molecule has 0 bridgehead atoms. The first-order valence-corrected chi connectivity index (χ1v) is 17.6. The van der Waals surface area contributed by atoms with Crippen LogP contribution in [-0.4, -0.2) is 24.5 Å². The van der Waals surface area contributed by atoms with Crippen LogP contribution in [0.1, 0.15) is 5.56 Å². The third-order valence-corrected chi connectivity index (χ3v) is 11.1. The lowest BCUT2D eigenvalue weighted by Crippen LogP contribution is -2.47. The van der Waals surface area contributed by atoms with Crippen LogP contribution in [-0.2, 0) is 16.0 Å². The SMILES string of the molecule is NC(=O)[C@H](Cc1ccccc1)NC(=O)COc1ccc2ccccc2c1-c1c(P(c2ccccc2)c2ccccc2)ccc2ccccc12. The van der Waals surface area contributed by atoms with Gasteiger partial charge in [-0.15, -0.1) is 0 Å². The van der Waals surface area contributed by atoms with Gasteiger partial charge in [-0.1, -0.05) is 158 Å². The molecule has 0 aliphatic heterocycles. The fourth-order valence-electron chi connectivity index (χ4n) is 6.37. The van der Waals surface area contributed by atoms with Crippen LogP contribution in [0, 0.1) is 0 Å². The molecule has 7 aromatic carbocycles. The van der Waals surface area contributed by atoms with Crippen molar-refractivity contribution in [2.45, 2.75) is 12.5 Å². The van der Waals surface area contributed by atoms with Crippen LogP contribution in [0.5, 0.6) is 5.75 Å². The smallest absolute Gasteiger partial charge is 0.258 e. The summed E-state index contributed by atoms with van der Waals surface area (Å²) in [5.74, 6) is -0.437. The van der Waals surface area contributed by atoms with E-state index in [2.05, 4.69) is 102 Å². The van der Waals surface area contributed by atoms with Crippen LogP contribution < -0.4 is 31.7 Å². The van der Waals surface area contributed by atoms with Gasteiger partial charge in [-0.05, 0) is 57.0 Å². The highest BCUT2D eigenvalue weighted by atomic mass is 31.1. The van der Waals surface area contributed by atoms with E-state index in [0.29, 0.717) is 12.2 Å². The van der Waals surface area contributed by atoms with Crippen LogP contribution in [0.25, 0.3) is 32.7 Å². The number of nitrogens with two attached hydrogens (primary N) is 1. The van der Waals surface area contributed by atoms with Crippen molar-refractivity contribution < 1.29 is 14.3 Å². The van der Waals surface area contributed by atoms with Crippen molar-refractivity contribution in [2.24, 2.45) is 5.73 Å². The summed E-state index contributed by atoms with van der Waals surface area (Å²) in [6, 6.07) is 55.0. The van der Waals surface area contributed by atoms with Crippen LogP contribution in [0.2, 0.25) is 0 Å². The fourth-order valence-corrected chi connectivity index (χ4v) is 8.85. The molecule has 0 saturated heterocycles. The molecule has 240 valence electrons. The van der Waals surface area contributed by atoms with Gasteiger partial charge in [0.2, 0.25) is 5.91 Å². The number of amides is 2.